The zero-order valence-electron chi connectivity index (χ0n) is 10.5. The van der Waals surface area contributed by atoms with E-state index in [1.165, 1.54) is 26.1 Å². The summed E-state index contributed by atoms with van der Waals surface area (Å²) in [7, 11) is 0. The van der Waals surface area contributed by atoms with Gasteiger partial charge >= 0.3 is 0 Å². The Hall–Kier alpha value is -0.120. The molecule has 2 fully saturated rings. The molecule has 3 nitrogen and oxygen atoms in total. The maximum Gasteiger partial charge on any atom is 0.100 e. The Balaban J connectivity index is 1.80. The number of likely N-dealkylation sites (N-methyl/N-ethyl adjacent to an activating group) is 1. The molecule has 2 bridgehead atoms. The van der Waals surface area contributed by atoms with Crippen molar-refractivity contribution < 1.29 is 4.74 Å². The Morgan fingerprint density at radius 2 is 1.73 bits per heavy atom. The number of likely N-dealkylation sites (tertiary alicyclic amines) is 2. The van der Waals surface area contributed by atoms with E-state index in [1.54, 1.807) is 0 Å². The molecule has 0 aromatic carbocycles. The summed E-state index contributed by atoms with van der Waals surface area (Å²) in [5, 5.41) is 0. The van der Waals surface area contributed by atoms with Gasteiger partial charge in [-0.15, -0.1) is 0 Å². The van der Waals surface area contributed by atoms with Crippen molar-refractivity contribution in [2.45, 2.75) is 51.8 Å². The lowest BCUT2D eigenvalue weighted by Gasteiger charge is -2.34. The molecule has 3 heteroatoms. The van der Waals surface area contributed by atoms with Gasteiger partial charge in [0.25, 0.3) is 0 Å². The summed E-state index contributed by atoms with van der Waals surface area (Å²) in [5.41, 5.74) is -0.00766. The summed E-state index contributed by atoms with van der Waals surface area (Å²) < 4.78 is 5.84. The number of ether oxygens (including phenoxy) is 1. The fraction of sp³-hybridized carbons (Fsp3) is 1.00. The summed E-state index contributed by atoms with van der Waals surface area (Å²) in [5.74, 6) is 0. The van der Waals surface area contributed by atoms with Crippen LogP contribution in [0.15, 0.2) is 0 Å². The molecule has 0 unspecified atom stereocenters. The maximum absolute atomic E-state index is 5.84. The van der Waals surface area contributed by atoms with Crippen molar-refractivity contribution in [2.75, 3.05) is 26.4 Å². The van der Waals surface area contributed by atoms with Crippen LogP contribution in [0.4, 0.5) is 0 Å². The van der Waals surface area contributed by atoms with E-state index in [4.69, 9.17) is 4.74 Å². The first kappa shape index (κ1) is 11.4. The fourth-order valence-corrected chi connectivity index (χ4v) is 2.65. The second-order valence-electron chi connectivity index (χ2n) is 5.79. The molecule has 2 saturated heterocycles. The number of nitrogens with zero attached hydrogens (tertiary/aromatic N) is 2. The molecule has 0 aromatic heterocycles. The van der Waals surface area contributed by atoms with Gasteiger partial charge in [-0.05, 0) is 33.7 Å². The van der Waals surface area contributed by atoms with Gasteiger partial charge in [-0.25, -0.2) is 0 Å². The summed E-state index contributed by atoms with van der Waals surface area (Å²) >= 11 is 0. The van der Waals surface area contributed by atoms with Gasteiger partial charge in [-0.1, -0.05) is 6.92 Å². The van der Waals surface area contributed by atoms with Gasteiger partial charge in [0.1, 0.15) is 6.73 Å². The Kier molecular flexibility index (Phi) is 3.06. The van der Waals surface area contributed by atoms with Crippen molar-refractivity contribution in [2.24, 2.45) is 0 Å². The van der Waals surface area contributed by atoms with Crippen LogP contribution in [0.5, 0.6) is 0 Å². The van der Waals surface area contributed by atoms with Crippen LogP contribution in [0.25, 0.3) is 0 Å². The molecule has 0 saturated carbocycles. The van der Waals surface area contributed by atoms with Crippen LogP contribution in [0, 0.1) is 0 Å². The molecular weight excluding hydrogens is 188 g/mol. The molecule has 2 aliphatic rings. The molecule has 0 aliphatic carbocycles. The molecular formula is C12H24N2O. The first-order chi connectivity index (χ1) is 6.99. The fourth-order valence-electron chi connectivity index (χ4n) is 2.65. The van der Waals surface area contributed by atoms with E-state index in [0.717, 1.165) is 18.8 Å². The van der Waals surface area contributed by atoms with E-state index < -0.39 is 0 Å². The molecule has 0 N–H and O–H groups in total. The predicted octanol–water partition coefficient (Wildman–Crippen LogP) is 1.54. The van der Waals surface area contributed by atoms with Crippen molar-refractivity contribution >= 4 is 0 Å². The normalized spacial score (nSPS) is 32.8. The highest BCUT2D eigenvalue weighted by atomic mass is 16.5. The third-order valence-electron chi connectivity index (χ3n) is 3.54. The molecule has 2 atom stereocenters. The minimum absolute atomic E-state index is 0.00766. The number of piperazine rings is 1. The lowest BCUT2D eigenvalue weighted by atomic mass is 10.2. The second-order valence-corrected chi connectivity index (χ2v) is 5.79. The average molecular weight is 212 g/mol. The van der Waals surface area contributed by atoms with Crippen LogP contribution in [-0.4, -0.2) is 53.8 Å². The summed E-state index contributed by atoms with van der Waals surface area (Å²) in [4.78, 5) is 5.10. The smallest absolute Gasteiger partial charge is 0.100 e. The van der Waals surface area contributed by atoms with Crippen LogP contribution in [0.2, 0.25) is 0 Å². The summed E-state index contributed by atoms with van der Waals surface area (Å²) in [6.45, 7) is 13.1. The van der Waals surface area contributed by atoms with Gasteiger partial charge in [-0.2, -0.15) is 0 Å². The number of hydrogen-bond donors (Lipinski definition) is 0. The van der Waals surface area contributed by atoms with Gasteiger partial charge in [0.15, 0.2) is 0 Å². The van der Waals surface area contributed by atoms with E-state index in [2.05, 4.69) is 37.5 Å². The quantitative estimate of drug-likeness (QED) is 0.706. The molecule has 0 aromatic rings. The second kappa shape index (κ2) is 4.04. The van der Waals surface area contributed by atoms with E-state index >= 15 is 0 Å². The molecule has 15 heavy (non-hydrogen) atoms. The van der Waals surface area contributed by atoms with Crippen molar-refractivity contribution in [1.29, 1.82) is 0 Å². The van der Waals surface area contributed by atoms with Gasteiger partial charge < -0.3 is 4.74 Å². The Labute approximate surface area is 93.4 Å². The highest BCUT2D eigenvalue weighted by molar-refractivity contribution is 4.98. The number of hydrogen-bond acceptors (Lipinski definition) is 3. The largest absolute Gasteiger partial charge is 0.360 e. The lowest BCUT2D eigenvalue weighted by Crippen LogP contribution is -2.47. The zero-order chi connectivity index (χ0) is 11.1. The van der Waals surface area contributed by atoms with Gasteiger partial charge in [-0.3, -0.25) is 9.80 Å². The molecule has 2 heterocycles. The minimum Gasteiger partial charge on any atom is -0.360 e. The van der Waals surface area contributed by atoms with E-state index in [-0.39, 0.29) is 5.60 Å². The number of fused-ring (bicyclic) bond motifs is 2. The topological polar surface area (TPSA) is 15.7 Å². The molecule has 0 radical (unpaired) electrons. The van der Waals surface area contributed by atoms with Crippen molar-refractivity contribution in [3.8, 4) is 0 Å². The Bertz CT molecular complexity index is 224. The SMILES string of the molecule is CCN1C[C@@H]2C[C@H]1CN2COC(C)(C)C. The third kappa shape index (κ3) is 2.52. The predicted molar refractivity (Wildman–Crippen MR) is 61.9 cm³/mol. The zero-order valence-corrected chi connectivity index (χ0v) is 10.5. The summed E-state index contributed by atoms with van der Waals surface area (Å²) in [6, 6.07) is 1.54. The Morgan fingerprint density at radius 3 is 2.20 bits per heavy atom. The maximum atomic E-state index is 5.84. The number of rotatable bonds is 3. The van der Waals surface area contributed by atoms with Gasteiger partial charge in [0.2, 0.25) is 0 Å². The molecule has 2 rings (SSSR count). The highest BCUT2D eigenvalue weighted by Gasteiger charge is 2.42. The van der Waals surface area contributed by atoms with Crippen LogP contribution in [0.3, 0.4) is 0 Å². The van der Waals surface area contributed by atoms with E-state index in [0.29, 0.717) is 0 Å². The van der Waals surface area contributed by atoms with E-state index in [1.807, 2.05) is 0 Å². The van der Waals surface area contributed by atoms with Crippen molar-refractivity contribution in [3.05, 3.63) is 0 Å². The highest BCUT2D eigenvalue weighted by Crippen LogP contribution is 2.30. The van der Waals surface area contributed by atoms with Gasteiger partial charge in [0, 0.05) is 25.2 Å². The summed E-state index contributed by atoms with van der Waals surface area (Å²) in [6.07, 6.45) is 1.35. The third-order valence-corrected chi connectivity index (χ3v) is 3.54. The first-order valence-corrected chi connectivity index (χ1v) is 6.11. The molecule has 0 amide bonds. The van der Waals surface area contributed by atoms with Crippen LogP contribution < -0.4 is 0 Å². The molecule has 0 spiro atoms. The van der Waals surface area contributed by atoms with Crippen LogP contribution in [0.1, 0.15) is 34.1 Å². The average Bonchev–Trinajstić information content (AvgIpc) is 2.71. The van der Waals surface area contributed by atoms with E-state index in [9.17, 15) is 0 Å². The molecule has 88 valence electrons. The monoisotopic (exact) mass is 212 g/mol. The van der Waals surface area contributed by atoms with Gasteiger partial charge in [0.05, 0.1) is 5.60 Å². The molecule has 2 aliphatic heterocycles. The Morgan fingerprint density at radius 1 is 1.13 bits per heavy atom. The first-order valence-electron chi connectivity index (χ1n) is 6.11. The lowest BCUT2D eigenvalue weighted by molar-refractivity contribution is -0.0763. The van der Waals surface area contributed by atoms with Crippen LogP contribution in [-0.2, 0) is 4.74 Å². The van der Waals surface area contributed by atoms with Crippen LogP contribution >= 0.6 is 0 Å². The van der Waals surface area contributed by atoms with Crippen molar-refractivity contribution in [3.63, 3.8) is 0 Å². The van der Waals surface area contributed by atoms with Crippen molar-refractivity contribution in [1.82, 2.24) is 9.80 Å². The standard InChI is InChI=1S/C12H24N2O/c1-5-13-7-11-6-10(13)8-14(11)9-15-12(2,3)4/h10-11H,5-9H2,1-4H3/t10-,11-/m0/s1. The minimum atomic E-state index is -0.00766.